The van der Waals surface area contributed by atoms with Crippen LogP contribution in [0.3, 0.4) is 0 Å². The highest BCUT2D eigenvalue weighted by Crippen LogP contribution is 2.36. The second-order valence-electron chi connectivity index (χ2n) is 4.94. The maximum atomic E-state index is 11.6. The summed E-state index contributed by atoms with van der Waals surface area (Å²) in [7, 11) is 1.55. The van der Waals surface area contributed by atoms with E-state index >= 15 is 0 Å². The van der Waals surface area contributed by atoms with Crippen LogP contribution in [0.25, 0.3) is 6.08 Å². The van der Waals surface area contributed by atoms with Crippen LogP contribution in [0.4, 0.5) is 0 Å². The molecular weight excluding hydrogens is 290 g/mol. The van der Waals surface area contributed by atoms with Crippen LogP contribution in [-0.2, 0) is 4.79 Å². The van der Waals surface area contributed by atoms with E-state index < -0.39 is 0 Å². The summed E-state index contributed by atoms with van der Waals surface area (Å²) in [6.45, 7) is 7.12. The van der Waals surface area contributed by atoms with Gasteiger partial charge in [0.25, 0.3) is 0 Å². The first-order valence-corrected chi connectivity index (χ1v) is 7.32. The zero-order valence-electron chi connectivity index (χ0n) is 12.9. The van der Waals surface area contributed by atoms with Crippen molar-refractivity contribution in [1.29, 1.82) is 0 Å². The Bertz CT molecular complexity index is 512. The quantitative estimate of drug-likeness (QED) is 0.784. The Hall–Kier alpha value is -1.68. The van der Waals surface area contributed by atoms with Gasteiger partial charge in [-0.2, -0.15) is 0 Å². The summed E-state index contributed by atoms with van der Waals surface area (Å²) in [6.07, 6.45) is 3.17. The van der Waals surface area contributed by atoms with Crippen LogP contribution in [0.1, 0.15) is 26.3 Å². The zero-order valence-corrected chi connectivity index (χ0v) is 13.7. The van der Waals surface area contributed by atoms with Gasteiger partial charge >= 0.3 is 0 Å². The Morgan fingerprint density at radius 3 is 2.71 bits per heavy atom. The SMILES string of the molecule is CCOc1c(Cl)cc(/C=C/C(=O)NCC(C)C)cc1OC. The number of carbonyl (C=O) groups is 1. The molecule has 21 heavy (non-hydrogen) atoms. The average Bonchev–Trinajstić information content (AvgIpc) is 2.45. The zero-order chi connectivity index (χ0) is 15.8. The Morgan fingerprint density at radius 1 is 1.43 bits per heavy atom. The number of nitrogens with one attached hydrogen (secondary N) is 1. The molecule has 0 aliphatic rings. The molecule has 0 atom stereocenters. The van der Waals surface area contributed by atoms with Gasteiger partial charge in [0.15, 0.2) is 11.5 Å². The minimum atomic E-state index is -0.132. The summed E-state index contributed by atoms with van der Waals surface area (Å²) in [5.41, 5.74) is 0.778. The maximum Gasteiger partial charge on any atom is 0.244 e. The summed E-state index contributed by atoms with van der Waals surface area (Å²) in [5.74, 6) is 1.35. The molecule has 116 valence electrons. The van der Waals surface area contributed by atoms with Gasteiger partial charge in [0.2, 0.25) is 5.91 Å². The van der Waals surface area contributed by atoms with Gasteiger partial charge in [-0.3, -0.25) is 4.79 Å². The summed E-state index contributed by atoms with van der Waals surface area (Å²) in [6, 6.07) is 3.52. The number of hydrogen-bond donors (Lipinski definition) is 1. The molecule has 0 aliphatic heterocycles. The number of amides is 1. The third-order valence-corrected chi connectivity index (χ3v) is 2.93. The lowest BCUT2D eigenvalue weighted by molar-refractivity contribution is -0.116. The molecule has 1 aromatic rings. The summed E-state index contributed by atoms with van der Waals surface area (Å²) >= 11 is 6.17. The molecule has 0 saturated heterocycles. The topological polar surface area (TPSA) is 47.6 Å². The number of ether oxygens (including phenoxy) is 2. The van der Waals surface area contributed by atoms with Crippen molar-refractivity contribution >= 4 is 23.6 Å². The Kier molecular flexibility index (Phi) is 7.09. The van der Waals surface area contributed by atoms with E-state index in [0.29, 0.717) is 35.6 Å². The molecule has 0 aromatic heterocycles. The monoisotopic (exact) mass is 311 g/mol. The lowest BCUT2D eigenvalue weighted by Gasteiger charge is -2.11. The minimum absolute atomic E-state index is 0.132. The van der Waals surface area contributed by atoms with Crippen molar-refractivity contribution in [3.8, 4) is 11.5 Å². The number of methoxy groups -OCH3 is 1. The van der Waals surface area contributed by atoms with Crippen LogP contribution in [0, 0.1) is 5.92 Å². The van der Waals surface area contributed by atoms with Gasteiger partial charge in [-0.1, -0.05) is 25.4 Å². The second-order valence-corrected chi connectivity index (χ2v) is 5.35. The third-order valence-electron chi connectivity index (χ3n) is 2.65. The standard InChI is InChI=1S/C16H22ClNO3/c1-5-21-16-13(17)8-12(9-14(16)20-4)6-7-15(19)18-10-11(2)3/h6-9,11H,5,10H2,1-4H3,(H,18,19)/b7-6+. The van der Waals surface area contributed by atoms with Crippen molar-refractivity contribution in [2.24, 2.45) is 5.92 Å². The normalized spacial score (nSPS) is 11.0. The number of rotatable bonds is 7. The maximum absolute atomic E-state index is 11.6. The van der Waals surface area contributed by atoms with Crippen LogP contribution >= 0.6 is 11.6 Å². The smallest absolute Gasteiger partial charge is 0.244 e. The van der Waals surface area contributed by atoms with Crippen molar-refractivity contribution in [1.82, 2.24) is 5.32 Å². The van der Waals surface area contributed by atoms with Crippen molar-refractivity contribution in [2.45, 2.75) is 20.8 Å². The van der Waals surface area contributed by atoms with Gasteiger partial charge < -0.3 is 14.8 Å². The van der Waals surface area contributed by atoms with E-state index in [1.807, 2.05) is 20.8 Å². The minimum Gasteiger partial charge on any atom is -0.493 e. The number of benzene rings is 1. The third kappa shape index (κ3) is 5.68. The number of halogens is 1. The highest BCUT2D eigenvalue weighted by atomic mass is 35.5. The van der Waals surface area contributed by atoms with E-state index in [-0.39, 0.29) is 5.91 Å². The van der Waals surface area contributed by atoms with E-state index in [1.165, 1.54) is 6.08 Å². The van der Waals surface area contributed by atoms with Crippen LogP contribution in [0.15, 0.2) is 18.2 Å². The molecule has 4 nitrogen and oxygen atoms in total. The molecule has 1 N–H and O–H groups in total. The van der Waals surface area contributed by atoms with Gasteiger partial charge in [-0.25, -0.2) is 0 Å². The molecule has 0 unspecified atom stereocenters. The van der Waals surface area contributed by atoms with Crippen molar-refractivity contribution in [3.63, 3.8) is 0 Å². The molecule has 0 heterocycles. The lowest BCUT2D eigenvalue weighted by Crippen LogP contribution is -2.25. The van der Waals surface area contributed by atoms with E-state index in [9.17, 15) is 4.79 Å². The highest BCUT2D eigenvalue weighted by Gasteiger charge is 2.10. The molecule has 0 radical (unpaired) electrons. The molecule has 1 rings (SSSR count). The fourth-order valence-corrected chi connectivity index (χ4v) is 1.93. The molecule has 0 fully saturated rings. The van der Waals surface area contributed by atoms with Crippen molar-refractivity contribution in [3.05, 3.63) is 28.8 Å². The summed E-state index contributed by atoms with van der Waals surface area (Å²) in [5, 5.41) is 3.27. The lowest BCUT2D eigenvalue weighted by atomic mass is 10.1. The predicted molar refractivity (Wildman–Crippen MR) is 86.1 cm³/mol. The molecule has 0 bridgehead atoms. The average molecular weight is 312 g/mol. The van der Waals surface area contributed by atoms with Crippen LogP contribution in [-0.4, -0.2) is 26.2 Å². The van der Waals surface area contributed by atoms with Crippen LogP contribution < -0.4 is 14.8 Å². The molecule has 0 aliphatic carbocycles. The van der Waals surface area contributed by atoms with E-state index in [1.54, 1.807) is 25.3 Å². The van der Waals surface area contributed by atoms with E-state index in [0.717, 1.165) is 5.56 Å². The molecular formula is C16H22ClNO3. The number of carbonyl (C=O) groups excluding carboxylic acids is 1. The van der Waals surface area contributed by atoms with Crippen molar-refractivity contribution in [2.75, 3.05) is 20.3 Å². The largest absolute Gasteiger partial charge is 0.493 e. The highest BCUT2D eigenvalue weighted by molar-refractivity contribution is 6.32. The molecule has 1 amide bonds. The van der Waals surface area contributed by atoms with Gasteiger partial charge in [-0.15, -0.1) is 0 Å². The molecule has 5 heteroatoms. The van der Waals surface area contributed by atoms with E-state index in [2.05, 4.69) is 5.32 Å². The van der Waals surface area contributed by atoms with Crippen molar-refractivity contribution < 1.29 is 14.3 Å². The summed E-state index contributed by atoms with van der Waals surface area (Å²) < 4.78 is 10.7. The van der Waals surface area contributed by atoms with Gasteiger partial charge in [0, 0.05) is 12.6 Å². The fourth-order valence-electron chi connectivity index (χ4n) is 1.66. The first-order valence-electron chi connectivity index (χ1n) is 6.94. The Balaban J connectivity index is 2.84. The van der Waals surface area contributed by atoms with Crippen LogP contribution in [0.2, 0.25) is 5.02 Å². The van der Waals surface area contributed by atoms with Gasteiger partial charge in [-0.05, 0) is 36.6 Å². The van der Waals surface area contributed by atoms with E-state index in [4.69, 9.17) is 21.1 Å². The second kappa shape index (κ2) is 8.57. The van der Waals surface area contributed by atoms with Gasteiger partial charge in [0.05, 0.1) is 18.7 Å². The number of hydrogen-bond acceptors (Lipinski definition) is 3. The van der Waals surface area contributed by atoms with Crippen LogP contribution in [0.5, 0.6) is 11.5 Å². The Morgan fingerprint density at radius 2 is 2.14 bits per heavy atom. The molecule has 1 aromatic carbocycles. The fraction of sp³-hybridized carbons (Fsp3) is 0.438. The predicted octanol–water partition coefficient (Wildman–Crippen LogP) is 3.53. The Labute approximate surface area is 131 Å². The first kappa shape index (κ1) is 17.4. The molecule has 0 saturated carbocycles. The summed E-state index contributed by atoms with van der Waals surface area (Å²) in [4.78, 5) is 11.6. The molecule has 0 spiro atoms. The first-order chi connectivity index (χ1) is 9.97. The van der Waals surface area contributed by atoms with Gasteiger partial charge in [0.1, 0.15) is 0 Å².